The maximum absolute atomic E-state index is 14.4. The van der Waals surface area contributed by atoms with Crippen LogP contribution in [-0.4, -0.2) is 18.1 Å². The van der Waals surface area contributed by atoms with Crippen LogP contribution in [0.5, 0.6) is 0 Å². The van der Waals surface area contributed by atoms with E-state index >= 15 is 0 Å². The van der Waals surface area contributed by atoms with Gasteiger partial charge in [0.05, 0.1) is 21.3 Å². The Kier molecular flexibility index (Phi) is 3.82. The molecule has 0 saturated carbocycles. The highest BCUT2D eigenvalue weighted by molar-refractivity contribution is 7.24. The van der Waals surface area contributed by atoms with Gasteiger partial charge < -0.3 is 11.1 Å². The molecule has 25 heavy (non-hydrogen) atoms. The number of benzene rings is 2. The molecular formula is C18H13F2N3OS. The van der Waals surface area contributed by atoms with Crippen LogP contribution in [0, 0.1) is 11.6 Å². The first-order chi connectivity index (χ1) is 12.1. The zero-order chi connectivity index (χ0) is 17.6. The molecule has 4 nitrogen and oxygen atoms in total. The van der Waals surface area contributed by atoms with Gasteiger partial charge in [-0.25, -0.2) is 8.78 Å². The van der Waals surface area contributed by atoms with Crippen molar-refractivity contribution in [3.8, 4) is 0 Å². The molecule has 7 heteroatoms. The molecule has 2 aromatic heterocycles. The van der Waals surface area contributed by atoms with E-state index in [1.807, 2.05) is 0 Å². The summed E-state index contributed by atoms with van der Waals surface area (Å²) in [6.07, 6.45) is 1.59. The van der Waals surface area contributed by atoms with E-state index < -0.39 is 11.6 Å². The smallest absolute Gasteiger partial charge is 0.196 e. The van der Waals surface area contributed by atoms with E-state index in [0.29, 0.717) is 38.8 Å². The van der Waals surface area contributed by atoms with Crippen molar-refractivity contribution in [3.63, 3.8) is 0 Å². The monoisotopic (exact) mass is 357 g/mol. The fourth-order valence-electron chi connectivity index (χ4n) is 2.94. The topological polar surface area (TPSA) is 68.0 Å². The number of aromatic nitrogens is 1. The van der Waals surface area contributed by atoms with Crippen LogP contribution in [0.3, 0.4) is 0 Å². The third-order valence-electron chi connectivity index (χ3n) is 4.03. The Morgan fingerprint density at radius 1 is 1.12 bits per heavy atom. The number of fused-ring (bicyclic) bond motifs is 4. The lowest BCUT2D eigenvalue weighted by Crippen LogP contribution is -2.15. The first-order valence-electron chi connectivity index (χ1n) is 7.67. The standard InChI is InChI=1S/C18H13F2N3OS/c19-9-1-4-13-10(7-9)18(24)16-14(25-13)8-23-12-3-2-11(20)17(15(12)16)22-6-5-21/h1-4,7-8,22H,5-6,21H2. The average molecular weight is 357 g/mol. The van der Waals surface area contributed by atoms with Gasteiger partial charge in [0, 0.05) is 34.8 Å². The van der Waals surface area contributed by atoms with Crippen LogP contribution in [-0.2, 0) is 0 Å². The molecule has 0 saturated heterocycles. The predicted octanol–water partition coefficient (Wildman–Crippen LogP) is 3.61. The average Bonchev–Trinajstić information content (AvgIpc) is 2.61. The van der Waals surface area contributed by atoms with Gasteiger partial charge in [-0.05, 0) is 30.3 Å². The maximum atomic E-state index is 14.4. The van der Waals surface area contributed by atoms with Gasteiger partial charge in [-0.1, -0.05) is 0 Å². The molecule has 0 spiro atoms. The lowest BCUT2D eigenvalue weighted by Gasteiger charge is -2.12. The number of halogens is 2. The molecule has 0 atom stereocenters. The number of pyridine rings is 1. The van der Waals surface area contributed by atoms with E-state index in [4.69, 9.17) is 5.73 Å². The lowest BCUT2D eigenvalue weighted by molar-refractivity contribution is 0.629. The molecule has 4 aromatic rings. The maximum Gasteiger partial charge on any atom is 0.196 e. The SMILES string of the molecule is NCCNc1c(F)ccc2ncc3sc4ccc(F)cc4c(=O)c3c12. The van der Waals surface area contributed by atoms with Gasteiger partial charge in [0.1, 0.15) is 11.6 Å². The van der Waals surface area contributed by atoms with Crippen molar-refractivity contribution >= 4 is 48.1 Å². The summed E-state index contributed by atoms with van der Waals surface area (Å²) >= 11 is 1.32. The predicted molar refractivity (Wildman–Crippen MR) is 98.4 cm³/mol. The molecule has 0 aliphatic rings. The second-order valence-electron chi connectivity index (χ2n) is 5.60. The van der Waals surface area contributed by atoms with Crippen LogP contribution in [0.1, 0.15) is 0 Å². The van der Waals surface area contributed by atoms with Gasteiger partial charge in [0.15, 0.2) is 5.43 Å². The highest BCUT2D eigenvalue weighted by Crippen LogP contribution is 2.34. The van der Waals surface area contributed by atoms with Crippen LogP contribution >= 0.6 is 11.3 Å². The van der Waals surface area contributed by atoms with Gasteiger partial charge in [-0.2, -0.15) is 0 Å². The fourth-order valence-corrected chi connectivity index (χ4v) is 3.97. The third kappa shape index (κ3) is 2.52. The number of nitrogens with two attached hydrogens (primary N) is 1. The minimum atomic E-state index is -0.487. The largest absolute Gasteiger partial charge is 0.381 e. The second kappa shape index (κ2) is 6.02. The van der Waals surface area contributed by atoms with Crippen molar-refractivity contribution in [1.82, 2.24) is 4.98 Å². The molecule has 0 fully saturated rings. The Labute approximate surface area is 144 Å². The Morgan fingerprint density at radius 3 is 2.76 bits per heavy atom. The molecule has 4 rings (SSSR count). The van der Waals surface area contributed by atoms with Gasteiger partial charge in [-0.3, -0.25) is 9.78 Å². The molecule has 0 bridgehead atoms. The first-order valence-corrected chi connectivity index (χ1v) is 8.49. The van der Waals surface area contributed by atoms with Gasteiger partial charge in [0.25, 0.3) is 0 Å². The summed E-state index contributed by atoms with van der Waals surface area (Å²) in [4.78, 5) is 17.4. The number of rotatable bonds is 3. The molecule has 126 valence electrons. The molecule has 3 N–H and O–H groups in total. The van der Waals surface area contributed by atoms with Crippen LogP contribution < -0.4 is 16.5 Å². The summed E-state index contributed by atoms with van der Waals surface area (Å²) in [5.41, 5.74) is 5.86. The van der Waals surface area contributed by atoms with Crippen molar-refractivity contribution < 1.29 is 8.78 Å². The fraction of sp³-hybridized carbons (Fsp3) is 0.111. The highest BCUT2D eigenvalue weighted by atomic mass is 32.1. The molecule has 0 amide bonds. The first kappa shape index (κ1) is 15.9. The summed E-state index contributed by atoms with van der Waals surface area (Å²) < 4.78 is 29.3. The Hall–Kier alpha value is -2.64. The third-order valence-corrected chi connectivity index (χ3v) is 5.13. The Morgan fingerprint density at radius 2 is 1.96 bits per heavy atom. The summed E-state index contributed by atoms with van der Waals surface area (Å²) in [5, 5.41) is 3.95. The lowest BCUT2D eigenvalue weighted by atomic mass is 10.1. The highest BCUT2D eigenvalue weighted by Gasteiger charge is 2.16. The number of nitrogens with one attached hydrogen (secondary N) is 1. The second-order valence-corrected chi connectivity index (χ2v) is 6.68. The molecule has 2 heterocycles. The minimum absolute atomic E-state index is 0.195. The van der Waals surface area contributed by atoms with Crippen LogP contribution in [0.25, 0.3) is 31.1 Å². The molecule has 0 aliphatic carbocycles. The molecule has 0 radical (unpaired) electrons. The number of anilines is 1. The zero-order valence-electron chi connectivity index (χ0n) is 13.0. The molecule has 0 aliphatic heterocycles. The summed E-state index contributed by atoms with van der Waals surface area (Å²) in [6.45, 7) is 0.668. The normalized spacial score (nSPS) is 11.5. The van der Waals surface area contributed by atoms with Crippen molar-refractivity contribution in [2.45, 2.75) is 0 Å². The quantitative estimate of drug-likeness (QED) is 0.434. The van der Waals surface area contributed by atoms with Crippen molar-refractivity contribution in [2.24, 2.45) is 5.73 Å². The summed E-state index contributed by atoms with van der Waals surface area (Å²) in [7, 11) is 0. The Bertz CT molecular complexity index is 1190. The number of nitrogens with zero attached hydrogens (tertiary/aromatic N) is 1. The van der Waals surface area contributed by atoms with Gasteiger partial charge in [-0.15, -0.1) is 11.3 Å². The van der Waals surface area contributed by atoms with E-state index in [1.165, 1.54) is 35.6 Å². The van der Waals surface area contributed by atoms with Crippen molar-refractivity contribution in [2.75, 3.05) is 18.4 Å². The van der Waals surface area contributed by atoms with E-state index in [1.54, 1.807) is 12.3 Å². The minimum Gasteiger partial charge on any atom is -0.381 e. The van der Waals surface area contributed by atoms with Crippen molar-refractivity contribution in [1.29, 1.82) is 0 Å². The van der Waals surface area contributed by atoms with Crippen LogP contribution in [0.4, 0.5) is 14.5 Å². The summed E-state index contributed by atoms with van der Waals surface area (Å²) in [5.74, 6) is -0.971. The Balaban J connectivity index is 2.21. The zero-order valence-corrected chi connectivity index (χ0v) is 13.8. The van der Waals surface area contributed by atoms with E-state index in [0.717, 1.165) is 0 Å². The summed E-state index contributed by atoms with van der Waals surface area (Å²) in [6, 6.07) is 6.92. The van der Waals surface area contributed by atoms with Crippen LogP contribution in [0.2, 0.25) is 0 Å². The molecular weight excluding hydrogens is 344 g/mol. The van der Waals surface area contributed by atoms with E-state index in [9.17, 15) is 13.6 Å². The number of hydrogen-bond donors (Lipinski definition) is 2. The molecule has 0 unspecified atom stereocenters. The molecule has 2 aromatic carbocycles. The van der Waals surface area contributed by atoms with Gasteiger partial charge >= 0.3 is 0 Å². The van der Waals surface area contributed by atoms with Gasteiger partial charge in [0.2, 0.25) is 0 Å². The van der Waals surface area contributed by atoms with Crippen molar-refractivity contribution in [3.05, 3.63) is 58.4 Å². The number of hydrogen-bond acceptors (Lipinski definition) is 5. The van der Waals surface area contributed by atoms with Crippen LogP contribution in [0.15, 0.2) is 41.3 Å². The van der Waals surface area contributed by atoms with E-state index in [-0.39, 0.29) is 16.5 Å². The van der Waals surface area contributed by atoms with E-state index in [2.05, 4.69) is 10.3 Å².